The minimum absolute atomic E-state index is 0.750. The maximum Gasteiger partial charge on any atom is 0.0678 e. The van der Waals surface area contributed by atoms with E-state index >= 15 is 0 Å². The molecule has 0 saturated carbocycles. The molecule has 3 rings (SSSR count). The first-order chi connectivity index (χ1) is 7.68. The van der Waals surface area contributed by atoms with E-state index in [1.165, 1.54) is 0 Å². The number of aromatic nitrogens is 1. The Hall–Kier alpha value is -1.18. The van der Waals surface area contributed by atoms with E-state index in [1.807, 2.05) is 37.4 Å². The molecule has 3 aromatic rings. The molecular formula is C13H9Cl2N. The van der Waals surface area contributed by atoms with Gasteiger partial charge >= 0.3 is 0 Å². The number of fused-ring (bicyclic) bond motifs is 3. The summed E-state index contributed by atoms with van der Waals surface area (Å²) in [5.41, 5.74) is 2.20. The number of aryl methyl sites for hydroxylation is 1. The maximum atomic E-state index is 6.22. The molecule has 16 heavy (non-hydrogen) atoms. The Morgan fingerprint density at radius 3 is 2.62 bits per heavy atom. The van der Waals surface area contributed by atoms with Crippen LogP contribution < -0.4 is 0 Å². The van der Waals surface area contributed by atoms with Crippen molar-refractivity contribution in [3.63, 3.8) is 0 Å². The largest absolute Gasteiger partial charge is 0.342 e. The molecule has 1 nitrogen and oxygen atoms in total. The average molecular weight is 250 g/mol. The number of hydrogen-bond donors (Lipinski definition) is 0. The van der Waals surface area contributed by atoms with Crippen molar-refractivity contribution in [2.75, 3.05) is 0 Å². The standard InChI is InChI=1S/C13H9Cl2N/c1-16-12-6-5-8(14)7-10(12)9-3-2-4-11(15)13(9)16/h2-7H,1H3. The highest BCUT2D eigenvalue weighted by Crippen LogP contribution is 2.33. The van der Waals surface area contributed by atoms with Gasteiger partial charge < -0.3 is 4.57 Å². The summed E-state index contributed by atoms with van der Waals surface area (Å²) in [6, 6.07) is 11.8. The van der Waals surface area contributed by atoms with Crippen molar-refractivity contribution in [2.24, 2.45) is 7.05 Å². The van der Waals surface area contributed by atoms with Gasteiger partial charge in [0.2, 0.25) is 0 Å². The smallest absolute Gasteiger partial charge is 0.0678 e. The van der Waals surface area contributed by atoms with E-state index < -0.39 is 0 Å². The molecule has 0 unspecified atom stereocenters. The second-order valence-corrected chi connectivity index (χ2v) is 4.70. The molecule has 0 fully saturated rings. The molecule has 3 heteroatoms. The van der Waals surface area contributed by atoms with Crippen molar-refractivity contribution in [2.45, 2.75) is 0 Å². The van der Waals surface area contributed by atoms with E-state index in [0.717, 1.165) is 31.9 Å². The lowest BCUT2D eigenvalue weighted by Gasteiger charge is -1.99. The zero-order valence-electron chi connectivity index (χ0n) is 8.67. The van der Waals surface area contributed by atoms with Crippen LogP contribution in [0.4, 0.5) is 0 Å². The van der Waals surface area contributed by atoms with Crippen LogP contribution in [-0.4, -0.2) is 4.57 Å². The van der Waals surface area contributed by atoms with Gasteiger partial charge in [0.25, 0.3) is 0 Å². The zero-order valence-corrected chi connectivity index (χ0v) is 10.2. The number of para-hydroxylation sites is 1. The SMILES string of the molecule is Cn1c2ccc(Cl)cc2c2cccc(Cl)c21. The third kappa shape index (κ3) is 1.25. The summed E-state index contributed by atoms with van der Waals surface area (Å²) in [5.74, 6) is 0. The lowest BCUT2D eigenvalue weighted by molar-refractivity contribution is 1.01. The van der Waals surface area contributed by atoms with E-state index in [1.54, 1.807) is 0 Å². The van der Waals surface area contributed by atoms with Crippen molar-refractivity contribution in [3.8, 4) is 0 Å². The highest BCUT2D eigenvalue weighted by Gasteiger charge is 2.10. The fraction of sp³-hybridized carbons (Fsp3) is 0.0769. The van der Waals surface area contributed by atoms with Crippen LogP contribution in [0.15, 0.2) is 36.4 Å². The van der Waals surface area contributed by atoms with Crippen molar-refractivity contribution >= 4 is 45.0 Å². The zero-order chi connectivity index (χ0) is 11.3. The number of halogens is 2. The molecule has 0 atom stereocenters. The number of nitrogens with zero attached hydrogens (tertiary/aromatic N) is 1. The highest BCUT2D eigenvalue weighted by molar-refractivity contribution is 6.37. The molecule has 0 amide bonds. The van der Waals surface area contributed by atoms with Crippen LogP contribution in [0.1, 0.15) is 0 Å². The van der Waals surface area contributed by atoms with Gasteiger partial charge in [0.15, 0.2) is 0 Å². The summed E-state index contributed by atoms with van der Waals surface area (Å²) in [7, 11) is 2.02. The summed E-state index contributed by atoms with van der Waals surface area (Å²) >= 11 is 12.2. The second kappa shape index (κ2) is 3.41. The molecule has 0 N–H and O–H groups in total. The Bertz CT molecular complexity index is 698. The van der Waals surface area contributed by atoms with Crippen LogP contribution in [0.2, 0.25) is 10.0 Å². The van der Waals surface area contributed by atoms with Crippen LogP contribution in [-0.2, 0) is 7.05 Å². The average Bonchev–Trinajstić information content (AvgIpc) is 2.54. The molecule has 0 aliphatic carbocycles. The Labute approximate surface area is 103 Å². The highest BCUT2D eigenvalue weighted by atomic mass is 35.5. The molecule has 1 aromatic heterocycles. The topological polar surface area (TPSA) is 4.93 Å². The third-order valence-electron chi connectivity index (χ3n) is 2.93. The Balaban J connectivity index is 2.65. The van der Waals surface area contributed by atoms with E-state index in [4.69, 9.17) is 23.2 Å². The van der Waals surface area contributed by atoms with Crippen molar-refractivity contribution in [3.05, 3.63) is 46.4 Å². The van der Waals surface area contributed by atoms with Gasteiger partial charge in [-0.25, -0.2) is 0 Å². The molecule has 0 radical (unpaired) electrons. The Kier molecular flexibility index (Phi) is 2.13. The minimum atomic E-state index is 0.750. The molecule has 2 aromatic carbocycles. The van der Waals surface area contributed by atoms with Gasteiger partial charge in [-0.1, -0.05) is 35.3 Å². The number of rotatable bonds is 0. The molecule has 0 aliphatic heterocycles. The van der Waals surface area contributed by atoms with E-state index in [-0.39, 0.29) is 0 Å². The molecule has 80 valence electrons. The first-order valence-electron chi connectivity index (χ1n) is 5.00. The van der Waals surface area contributed by atoms with Gasteiger partial charge in [-0.2, -0.15) is 0 Å². The minimum Gasteiger partial charge on any atom is -0.342 e. The first-order valence-corrected chi connectivity index (χ1v) is 5.76. The first kappa shape index (κ1) is 10.0. The van der Waals surface area contributed by atoms with Gasteiger partial charge in [-0.3, -0.25) is 0 Å². The Morgan fingerprint density at radius 1 is 1.00 bits per heavy atom. The fourth-order valence-corrected chi connectivity index (χ4v) is 2.68. The third-order valence-corrected chi connectivity index (χ3v) is 3.47. The predicted molar refractivity (Wildman–Crippen MR) is 70.4 cm³/mol. The molecule has 0 saturated heterocycles. The predicted octanol–water partition coefficient (Wildman–Crippen LogP) is 4.64. The summed E-state index contributed by atoms with van der Waals surface area (Å²) < 4.78 is 2.10. The van der Waals surface area contributed by atoms with Crippen LogP contribution in [0.25, 0.3) is 21.8 Å². The molecular weight excluding hydrogens is 241 g/mol. The molecule has 0 spiro atoms. The quantitative estimate of drug-likeness (QED) is 0.547. The van der Waals surface area contributed by atoms with Gasteiger partial charge in [-0.15, -0.1) is 0 Å². The van der Waals surface area contributed by atoms with Crippen molar-refractivity contribution in [1.29, 1.82) is 0 Å². The molecule has 1 heterocycles. The second-order valence-electron chi connectivity index (χ2n) is 3.86. The van der Waals surface area contributed by atoms with Crippen molar-refractivity contribution in [1.82, 2.24) is 4.57 Å². The van der Waals surface area contributed by atoms with Crippen LogP contribution in [0.5, 0.6) is 0 Å². The lowest BCUT2D eigenvalue weighted by atomic mass is 10.1. The molecule has 0 aliphatic rings. The van der Waals surface area contributed by atoms with E-state index in [2.05, 4.69) is 10.6 Å². The summed E-state index contributed by atoms with van der Waals surface area (Å²) in [4.78, 5) is 0. The number of benzene rings is 2. The van der Waals surface area contributed by atoms with Gasteiger partial charge in [0, 0.05) is 28.4 Å². The van der Waals surface area contributed by atoms with Crippen LogP contribution in [0.3, 0.4) is 0 Å². The maximum absolute atomic E-state index is 6.22. The van der Waals surface area contributed by atoms with E-state index in [0.29, 0.717) is 0 Å². The Morgan fingerprint density at radius 2 is 1.81 bits per heavy atom. The summed E-state index contributed by atoms with van der Waals surface area (Å²) in [5, 5.41) is 3.81. The van der Waals surface area contributed by atoms with Crippen LogP contribution >= 0.6 is 23.2 Å². The lowest BCUT2D eigenvalue weighted by Crippen LogP contribution is -1.86. The van der Waals surface area contributed by atoms with Crippen LogP contribution in [0, 0.1) is 0 Å². The van der Waals surface area contributed by atoms with Gasteiger partial charge in [0.1, 0.15) is 0 Å². The fourth-order valence-electron chi connectivity index (χ4n) is 2.21. The summed E-state index contributed by atoms with van der Waals surface area (Å²) in [6.07, 6.45) is 0. The van der Waals surface area contributed by atoms with E-state index in [9.17, 15) is 0 Å². The number of hydrogen-bond acceptors (Lipinski definition) is 0. The van der Waals surface area contributed by atoms with Gasteiger partial charge in [-0.05, 0) is 24.3 Å². The van der Waals surface area contributed by atoms with Gasteiger partial charge in [0.05, 0.1) is 10.5 Å². The monoisotopic (exact) mass is 249 g/mol. The summed E-state index contributed by atoms with van der Waals surface area (Å²) in [6.45, 7) is 0. The normalized spacial score (nSPS) is 11.4. The molecule has 0 bridgehead atoms. The van der Waals surface area contributed by atoms with Crippen molar-refractivity contribution < 1.29 is 0 Å².